The van der Waals surface area contributed by atoms with Crippen molar-refractivity contribution in [2.45, 2.75) is 57.6 Å². The van der Waals surface area contributed by atoms with E-state index in [-0.39, 0.29) is 5.70 Å². The summed E-state index contributed by atoms with van der Waals surface area (Å²) in [5.74, 6) is -1.78. The fourth-order valence-corrected chi connectivity index (χ4v) is 3.09. The second-order valence-corrected chi connectivity index (χ2v) is 6.94. The highest BCUT2D eigenvalue weighted by molar-refractivity contribution is 5.98. The van der Waals surface area contributed by atoms with E-state index in [2.05, 4.69) is 16.7 Å². The van der Waals surface area contributed by atoms with Gasteiger partial charge in [-0.3, -0.25) is 9.59 Å². The van der Waals surface area contributed by atoms with E-state index in [1.54, 1.807) is 24.3 Å². The molecule has 0 heterocycles. The number of nitriles is 1. The fourth-order valence-electron chi connectivity index (χ4n) is 3.09. The highest BCUT2D eigenvalue weighted by Crippen LogP contribution is 2.27. The molecule has 0 spiro atoms. The van der Waals surface area contributed by atoms with Gasteiger partial charge in [-0.2, -0.15) is 5.26 Å². The molecule has 1 aromatic rings. The molecule has 2 N–H and O–H groups in total. The lowest BCUT2D eigenvalue weighted by Gasteiger charge is -2.32. The molecule has 1 saturated carbocycles. The van der Waals surface area contributed by atoms with Crippen LogP contribution in [0.2, 0.25) is 0 Å². The number of nitrogens with zero attached hydrogens (tertiary/aromatic N) is 1. The minimum absolute atomic E-state index is 0.0639. The van der Waals surface area contributed by atoms with E-state index < -0.39 is 29.4 Å². The molecule has 1 aliphatic carbocycles. The third-order valence-electron chi connectivity index (χ3n) is 4.58. The third kappa shape index (κ3) is 5.95. The van der Waals surface area contributed by atoms with Gasteiger partial charge in [0.1, 0.15) is 11.2 Å². The summed E-state index contributed by atoms with van der Waals surface area (Å²) < 4.78 is 5.24. The first-order valence-electron chi connectivity index (χ1n) is 9.34. The summed E-state index contributed by atoms with van der Waals surface area (Å²) in [5, 5.41) is 14.6. The average molecular weight is 383 g/mol. The fraction of sp³-hybridized carbons (Fsp3) is 0.429. The van der Waals surface area contributed by atoms with Crippen LogP contribution in [0.5, 0.6) is 0 Å². The molecule has 2 rings (SSSR count). The molecule has 1 aromatic carbocycles. The van der Waals surface area contributed by atoms with Crippen LogP contribution in [0.25, 0.3) is 6.08 Å². The van der Waals surface area contributed by atoms with E-state index in [9.17, 15) is 19.6 Å². The second kappa shape index (κ2) is 9.70. The van der Waals surface area contributed by atoms with Gasteiger partial charge in [0.15, 0.2) is 6.10 Å². The minimum atomic E-state index is -1.10. The highest BCUT2D eigenvalue weighted by atomic mass is 16.5. The van der Waals surface area contributed by atoms with Gasteiger partial charge in [0.25, 0.3) is 5.91 Å². The van der Waals surface area contributed by atoms with E-state index in [1.807, 2.05) is 6.07 Å². The Morgan fingerprint density at radius 3 is 2.39 bits per heavy atom. The number of carbonyl (C=O) groups excluding carboxylic acids is 3. The molecular weight excluding hydrogens is 358 g/mol. The third-order valence-corrected chi connectivity index (χ3v) is 4.58. The summed E-state index contributed by atoms with van der Waals surface area (Å²) in [4.78, 5) is 36.4. The zero-order valence-electron chi connectivity index (χ0n) is 16.2. The minimum Gasteiger partial charge on any atom is -0.448 e. The topological polar surface area (TPSA) is 108 Å². The molecule has 2 amide bonds. The first-order chi connectivity index (χ1) is 13.3. The first kappa shape index (κ1) is 21.2. The number of hydrogen-bond acceptors (Lipinski definition) is 5. The van der Waals surface area contributed by atoms with Crippen LogP contribution in [0.3, 0.4) is 0 Å². The van der Waals surface area contributed by atoms with Gasteiger partial charge in [-0.15, -0.1) is 0 Å². The Morgan fingerprint density at radius 2 is 1.82 bits per heavy atom. The Kier molecular flexibility index (Phi) is 7.33. The van der Waals surface area contributed by atoms with Crippen LogP contribution in [0, 0.1) is 11.3 Å². The number of benzene rings is 1. The van der Waals surface area contributed by atoms with Gasteiger partial charge >= 0.3 is 5.97 Å². The number of ether oxygens (including phenoxy) is 1. The molecule has 0 saturated heterocycles. The average Bonchev–Trinajstić information content (AvgIpc) is 2.68. The standard InChI is InChI=1S/C21H25N3O4/c1-15(19(26)24-21(14-22)11-7-4-8-12-21)28-20(27)18(23-16(2)25)13-17-9-5-3-6-10-17/h3,5-6,9-10,13,15H,4,7-8,11-12H2,1-2H3,(H,23,25)(H,24,26)/b18-13+/t15-/m1/s1. The first-order valence-corrected chi connectivity index (χ1v) is 9.34. The largest absolute Gasteiger partial charge is 0.448 e. The van der Waals surface area contributed by atoms with Crippen LogP contribution in [0.1, 0.15) is 51.5 Å². The summed E-state index contributed by atoms with van der Waals surface area (Å²) in [5.41, 5.74) is -0.270. The molecule has 0 unspecified atom stereocenters. The Labute approximate surface area is 164 Å². The normalized spacial score (nSPS) is 17.0. The molecular formula is C21H25N3O4. The zero-order valence-corrected chi connectivity index (χ0v) is 16.2. The molecule has 0 bridgehead atoms. The van der Waals surface area contributed by atoms with Crippen molar-refractivity contribution >= 4 is 23.9 Å². The number of amides is 2. The van der Waals surface area contributed by atoms with Crippen molar-refractivity contribution in [3.63, 3.8) is 0 Å². The predicted octanol–water partition coefficient (Wildman–Crippen LogP) is 2.44. The molecule has 0 radical (unpaired) electrons. The van der Waals surface area contributed by atoms with Crippen LogP contribution in [0.4, 0.5) is 0 Å². The molecule has 28 heavy (non-hydrogen) atoms. The zero-order chi connectivity index (χ0) is 20.6. The number of esters is 1. The molecule has 1 aliphatic rings. The number of rotatable bonds is 6. The van der Waals surface area contributed by atoms with Crippen molar-refractivity contribution in [2.75, 3.05) is 0 Å². The Hall–Kier alpha value is -3.14. The van der Waals surface area contributed by atoms with E-state index in [0.717, 1.165) is 19.3 Å². The molecule has 1 fully saturated rings. The maximum atomic E-state index is 12.5. The number of hydrogen-bond donors (Lipinski definition) is 2. The van der Waals surface area contributed by atoms with Crippen molar-refractivity contribution in [3.05, 3.63) is 41.6 Å². The predicted molar refractivity (Wildman–Crippen MR) is 103 cm³/mol. The van der Waals surface area contributed by atoms with Crippen LogP contribution < -0.4 is 10.6 Å². The van der Waals surface area contributed by atoms with Crippen molar-refractivity contribution in [2.24, 2.45) is 0 Å². The van der Waals surface area contributed by atoms with Gasteiger partial charge in [-0.05, 0) is 31.4 Å². The quantitative estimate of drug-likeness (QED) is 0.579. The van der Waals surface area contributed by atoms with Crippen LogP contribution in [-0.4, -0.2) is 29.4 Å². The van der Waals surface area contributed by atoms with Crippen LogP contribution in [-0.2, 0) is 19.1 Å². The molecule has 7 nitrogen and oxygen atoms in total. The van der Waals surface area contributed by atoms with Gasteiger partial charge in [0, 0.05) is 6.92 Å². The van der Waals surface area contributed by atoms with Gasteiger partial charge in [-0.25, -0.2) is 4.79 Å². The molecule has 7 heteroatoms. The number of carbonyl (C=O) groups is 3. The van der Waals surface area contributed by atoms with Crippen LogP contribution >= 0.6 is 0 Å². The lowest BCUT2D eigenvalue weighted by molar-refractivity contribution is -0.152. The summed E-state index contributed by atoms with van der Waals surface area (Å²) in [6, 6.07) is 11.2. The number of nitrogens with one attached hydrogen (secondary N) is 2. The monoisotopic (exact) mass is 383 g/mol. The Morgan fingerprint density at radius 1 is 1.18 bits per heavy atom. The molecule has 0 aromatic heterocycles. The highest BCUT2D eigenvalue weighted by Gasteiger charge is 2.35. The summed E-state index contributed by atoms with van der Waals surface area (Å²) >= 11 is 0. The smallest absolute Gasteiger partial charge is 0.355 e. The van der Waals surface area contributed by atoms with Crippen molar-refractivity contribution < 1.29 is 19.1 Å². The van der Waals surface area contributed by atoms with E-state index in [4.69, 9.17) is 4.74 Å². The van der Waals surface area contributed by atoms with E-state index >= 15 is 0 Å². The van der Waals surface area contributed by atoms with Gasteiger partial charge < -0.3 is 15.4 Å². The molecule has 0 aliphatic heterocycles. The van der Waals surface area contributed by atoms with Crippen molar-refractivity contribution in [3.8, 4) is 6.07 Å². The lowest BCUT2D eigenvalue weighted by atomic mass is 9.83. The van der Waals surface area contributed by atoms with Gasteiger partial charge in [-0.1, -0.05) is 49.6 Å². The summed E-state index contributed by atoms with van der Waals surface area (Å²) in [7, 11) is 0. The summed E-state index contributed by atoms with van der Waals surface area (Å²) in [6.07, 6.45) is 4.32. The van der Waals surface area contributed by atoms with Gasteiger partial charge in [0.2, 0.25) is 5.91 Å². The second-order valence-electron chi connectivity index (χ2n) is 6.94. The maximum Gasteiger partial charge on any atom is 0.355 e. The summed E-state index contributed by atoms with van der Waals surface area (Å²) in [6.45, 7) is 2.72. The van der Waals surface area contributed by atoms with Crippen LogP contribution in [0.15, 0.2) is 36.0 Å². The maximum absolute atomic E-state index is 12.5. The molecule has 1 atom stereocenters. The van der Waals surface area contributed by atoms with Crippen molar-refractivity contribution in [1.29, 1.82) is 5.26 Å². The Balaban J connectivity index is 2.07. The molecule has 148 valence electrons. The van der Waals surface area contributed by atoms with Gasteiger partial charge in [0.05, 0.1) is 6.07 Å². The van der Waals surface area contributed by atoms with Crippen molar-refractivity contribution in [1.82, 2.24) is 10.6 Å². The lowest BCUT2D eigenvalue weighted by Crippen LogP contribution is -2.52. The SMILES string of the molecule is CC(=O)N/C(=C/c1ccccc1)C(=O)O[C@H](C)C(=O)NC1(C#N)CCCCC1. The van der Waals surface area contributed by atoms with E-state index in [1.165, 1.54) is 19.9 Å². The van der Waals surface area contributed by atoms with E-state index in [0.29, 0.717) is 18.4 Å². The Bertz CT molecular complexity index is 790.